The summed E-state index contributed by atoms with van der Waals surface area (Å²) >= 11 is 0. The van der Waals surface area contributed by atoms with Gasteiger partial charge in [0, 0.05) is 19.6 Å². The number of hydrazine groups is 2. The molecule has 0 aromatic carbocycles. The monoisotopic (exact) mass is 1300 g/mol. The summed E-state index contributed by atoms with van der Waals surface area (Å²) in [6.07, 6.45) is -38.4. The van der Waals surface area contributed by atoms with Gasteiger partial charge in [-0.2, -0.15) is 0 Å². The second kappa shape index (κ2) is 36.2. The summed E-state index contributed by atoms with van der Waals surface area (Å²) in [5.74, 6) is -5.73. The lowest BCUT2D eigenvalue weighted by Crippen LogP contribution is -2.65. The molecule has 0 aromatic rings. The second-order valence-corrected chi connectivity index (χ2v) is 21.9. The normalized spacial score (nSPS) is 37.6. The van der Waals surface area contributed by atoms with Crippen molar-refractivity contribution >= 4 is 35.4 Å². The Labute approximate surface area is 507 Å². The van der Waals surface area contributed by atoms with Crippen LogP contribution in [0.25, 0.3) is 0 Å². The Kier molecular flexibility index (Phi) is 30.7. The van der Waals surface area contributed by atoms with Gasteiger partial charge in [0.1, 0.15) is 104 Å². The van der Waals surface area contributed by atoms with Crippen molar-refractivity contribution in [1.29, 1.82) is 0 Å². The van der Waals surface area contributed by atoms with E-state index in [1.807, 2.05) is 0 Å². The van der Waals surface area contributed by atoms with Crippen molar-refractivity contribution in [3.63, 3.8) is 0 Å². The third-order valence-corrected chi connectivity index (χ3v) is 14.9. The Bertz CT molecular complexity index is 2170. The van der Waals surface area contributed by atoms with Gasteiger partial charge < -0.3 is 141 Å². The van der Waals surface area contributed by atoms with Crippen molar-refractivity contribution in [3.05, 3.63) is 0 Å². The molecule has 40 heteroatoms. The minimum absolute atomic E-state index is 0.135. The standard InChI is InChI=1S/C49H87N9O31/c1-19-9-21(33(69)37(73)31(19)67)81-6-3-51-26(62)11-58(12-27(63)52-4-7-82-46-41(77)38(74)32(68)20(2)85-46)15-30(66)56-55-29(65)14-57(10-25(50)61)13-28(64)54-53-5-8-83-48-44(80)45(89-49-43(79)40(76)35(71)23(17-60)87-49)36(72)24(88-48)18-84-47-42(78)39(75)34(70)22(16-59)86-47/h19-24,31-49,53,59-60,67-80H,3-18H2,1-2H3,(H2,50,61)(H,51,62)(H,52,63)(H,54,64)(H,55,65)(H,56,66)/t19-,20+,21-,22-,23-,24-,31-,32-,33-,34-,35-,36-,37-,38+,39+,40+,41+,42+,43+,44+,45+,46-,47+,48+,49-/m1/s1. The van der Waals surface area contributed by atoms with Gasteiger partial charge in [0.05, 0.1) is 97.2 Å². The molecule has 0 bridgehead atoms. The summed E-state index contributed by atoms with van der Waals surface area (Å²) in [5, 5.41) is 170. The van der Waals surface area contributed by atoms with E-state index in [1.165, 1.54) is 6.92 Å². The molecule has 0 spiro atoms. The number of hydrogen-bond acceptors (Lipinski definition) is 34. The van der Waals surface area contributed by atoms with E-state index in [0.717, 1.165) is 9.80 Å². The predicted molar refractivity (Wildman–Crippen MR) is 285 cm³/mol. The molecule has 0 unspecified atom stereocenters. The molecule has 0 aromatic heterocycles. The molecule has 4 aliphatic heterocycles. The molecule has 24 N–H and O–H groups in total. The first-order chi connectivity index (χ1) is 42.1. The summed E-state index contributed by atoms with van der Waals surface area (Å²) in [7, 11) is 0. The Morgan fingerprint density at radius 1 is 0.438 bits per heavy atom. The number of rotatable bonds is 32. The molecule has 5 fully saturated rings. The molecule has 1 saturated carbocycles. The van der Waals surface area contributed by atoms with Gasteiger partial charge in [0.15, 0.2) is 25.2 Å². The molecule has 4 saturated heterocycles. The zero-order valence-corrected chi connectivity index (χ0v) is 48.5. The molecule has 514 valence electrons. The van der Waals surface area contributed by atoms with Gasteiger partial charge in [-0.1, -0.05) is 6.92 Å². The van der Waals surface area contributed by atoms with E-state index in [2.05, 4.69) is 32.3 Å². The van der Waals surface area contributed by atoms with E-state index < -0.39 is 254 Å². The maximum absolute atomic E-state index is 13.2. The largest absolute Gasteiger partial charge is 0.394 e. The number of nitrogens with zero attached hydrogens (tertiary/aromatic N) is 2. The molecule has 89 heavy (non-hydrogen) atoms. The van der Waals surface area contributed by atoms with Crippen LogP contribution in [0.2, 0.25) is 0 Å². The number of nitrogens with two attached hydrogens (primary N) is 1. The molecular formula is C49H87N9O31. The van der Waals surface area contributed by atoms with Crippen LogP contribution in [-0.4, -0.2) is 373 Å². The third kappa shape index (κ3) is 21.9. The fraction of sp³-hybridized carbons (Fsp3) is 0.878. The number of aliphatic hydroxyl groups excluding tert-OH is 16. The molecule has 5 aliphatic rings. The number of carbonyl (C=O) groups excluding carboxylic acids is 6. The van der Waals surface area contributed by atoms with Crippen LogP contribution in [-0.2, 0) is 71.4 Å². The van der Waals surface area contributed by atoms with Crippen molar-refractivity contribution in [2.75, 3.05) is 98.5 Å². The summed E-state index contributed by atoms with van der Waals surface area (Å²) in [4.78, 5) is 79.3. The Morgan fingerprint density at radius 2 is 0.865 bits per heavy atom. The van der Waals surface area contributed by atoms with Gasteiger partial charge in [-0.25, -0.2) is 5.43 Å². The first-order valence-electron chi connectivity index (χ1n) is 28.4. The highest BCUT2D eigenvalue weighted by Gasteiger charge is 2.52. The highest BCUT2D eigenvalue weighted by Crippen LogP contribution is 2.32. The molecule has 6 amide bonds. The van der Waals surface area contributed by atoms with Gasteiger partial charge in [-0.05, 0) is 19.3 Å². The average Bonchev–Trinajstić information content (AvgIpc) is 1.55. The first-order valence-corrected chi connectivity index (χ1v) is 28.4. The highest BCUT2D eigenvalue weighted by atomic mass is 16.8. The summed E-state index contributed by atoms with van der Waals surface area (Å²) in [6, 6.07) is 0. The third-order valence-electron chi connectivity index (χ3n) is 14.9. The van der Waals surface area contributed by atoms with Crippen LogP contribution in [0.3, 0.4) is 0 Å². The maximum Gasteiger partial charge on any atom is 0.252 e. The number of ether oxygens (including phenoxy) is 9. The van der Waals surface area contributed by atoms with Gasteiger partial charge in [0.2, 0.25) is 23.6 Å². The Morgan fingerprint density at radius 3 is 1.40 bits per heavy atom. The second-order valence-electron chi connectivity index (χ2n) is 21.9. The van der Waals surface area contributed by atoms with Crippen LogP contribution in [0, 0.1) is 5.92 Å². The molecular weight excluding hydrogens is 1210 g/mol. The number of aliphatic hydroxyl groups is 16. The fourth-order valence-electron chi connectivity index (χ4n) is 9.88. The van der Waals surface area contributed by atoms with Gasteiger partial charge in [-0.15, -0.1) is 0 Å². The fourth-order valence-corrected chi connectivity index (χ4v) is 9.88. The van der Waals surface area contributed by atoms with Gasteiger partial charge in [0.25, 0.3) is 11.8 Å². The smallest absolute Gasteiger partial charge is 0.252 e. The number of nitrogens with one attached hydrogen (secondary N) is 6. The van der Waals surface area contributed by atoms with E-state index in [-0.39, 0.29) is 39.3 Å². The Balaban J connectivity index is 1.11. The first kappa shape index (κ1) is 75.4. The zero-order valence-electron chi connectivity index (χ0n) is 48.5. The summed E-state index contributed by atoms with van der Waals surface area (Å²) < 4.78 is 49.6. The molecule has 1 aliphatic carbocycles. The number of amides is 6. The van der Waals surface area contributed by atoms with Crippen molar-refractivity contribution < 1.29 is 153 Å². The van der Waals surface area contributed by atoms with Crippen LogP contribution >= 0.6 is 0 Å². The van der Waals surface area contributed by atoms with Crippen molar-refractivity contribution in [2.45, 2.75) is 168 Å². The van der Waals surface area contributed by atoms with E-state index in [1.54, 1.807) is 6.92 Å². The van der Waals surface area contributed by atoms with E-state index in [9.17, 15) is 110 Å². The predicted octanol–water partition coefficient (Wildman–Crippen LogP) is -16.1. The van der Waals surface area contributed by atoms with Crippen LogP contribution in [0.1, 0.15) is 20.3 Å². The van der Waals surface area contributed by atoms with Crippen LogP contribution in [0.5, 0.6) is 0 Å². The van der Waals surface area contributed by atoms with Crippen LogP contribution < -0.4 is 38.1 Å². The summed E-state index contributed by atoms with van der Waals surface area (Å²) in [6.45, 7) is -4.85. The molecule has 5 rings (SSSR count). The Hall–Kier alpha value is -4.30. The van der Waals surface area contributed by atoms with Crippen LogP contribution in [0.15, 0.2) is 0 Å². The maximum atomic E-state index is 13.2. The van der Waals surface area contributed by atoms with Crippen molar-refractivity contribution in [3.8, 4) is 0 Å². The van der Waals surface area contributed by atoms with E-state index >= 15 is 0 Å². The quantitative estimate of drug-likeness (QED) is 0.0220. The lowest BCUT2D eigenvalue weighted by atomic mass is 9.82. The minimum atomic E-state index is -2.00. The van der Waals surface area contributed by atoms with Crippen molar-refractivity contribution in [1.82, 2.24) is 42.1 Å². The highest BCUT2D eigenvalue weighted by molar-refractivity contribution is 5.87. The minimum Gasteiger partial charge on any atom is -0.394 e. The van der Waals surface area contributed by atoms with E-state index in [0.29, 0.717) is 0 Å². The van der Waals surface area contributed by atoms with Gasteiger partial charge >= 0.3 is 0 Å². The molecule has 4 heterocycles. The van der Waals surface area contributed by atoms with Crippen molar-refractivity contribution in [2.24, 2.45) is 11.7 Å². The SMILES string of the molecule is C[C@@H]1C[C@@H](OCCNC(=O)CN(CC(=O)NCCO[C@@H]2O[C@@H](C)[C@@H](O)[C@H](O)[C@@H]2O)CC(=O)NNC(=O)CN(CC(N)=O)CC(=O)NNCCO[C@H]2O[C@H](CO[C@H]3O[C@H](CO)[C@@H](O)[C@H](O)[C@@H]3O)[C@@H](O)[C@H](O[C@H]3O[C@H](CO)[C@@H](O)[C@H](O)[C@@H]3O)[C@@H]2O)[C@@H](O)[C@H](O)[C@@H]1O. The van der Waals surface area contributed by atoms with E-state index in [4.69, 9.17) is 48.4 Å². The van der Waals surface area contributed by atoms with Gasteiger partial charge in [-0.3, -0.25) is 54.8 Å². The number of primary amides is 1. The lowest BCUT2D eigenvalue weighted by Gasteiger charge is -2.46. The number of carbonyl (C=O) groups is 6. The lowest BCUT2D eigenvalue weighted by molar-refractivity contribution is -0.366. The number of hydrogen-bond donors (Lipinski definition) is 23. The average molecular weight is 1300 g/mol. The molecule has 0 radical (unpaired) electrons. The molecule has 40 nitrogen and oxygen atoms in total. The molecule has 25 atom stereocenters. The zero-order chi connectivity index (χ0) is 66.0. The summed E-state index contributed by atoms with van der Waals surface area (Å²) in [5.41, 5.74) is 14.3. The van der Waals surface area contributed by atoms with Crippen LogP contribution in [0.4, 0.5) is 0 Å². The topological polar surface area (TPSA) is 614 Å².